The Bertz CT molecular complexity index is 999. The van der Waals surface area contributed by atoms with E-state index in [4.69, 9.17) is 11.6 Å². The molecule has 1 N–H and O–H groups in total. The molecule has 2 aromatic heterocycles. The molecule has 122 valence electrons. The third-order valence-corrected chi connectivity index (χ3v) is 5.96. The molecule has 0 radical (unpaired) electrons. The molecule has 0 saturated heterocycles. The van der Waals surface area contributed by atoms with Gasteiger partial charge in [-0.15, -0.1) is 11.3 Å². The molecule has 2 heterocycles. The van der Waals surface area contributed by atoms with Gasteiger partial charge in [-0.05, 0) is 48.4 Å². The number of fused-ring (bicyclic) bond motifs is 3. The lowest BCUT2D eigenvalue weighted by molar-refractivity contribution is 0.916. The van der Waals surface area contributed by atoms with Crippen LogP contribution in [0.3, 0.4) is 0 Å². The molecule has 0 bridgehead atoms. The fourth-order valence-corrected chi connectivity index (χ4v) is 4.66. The van der Waals surface area contributed by atoms with Crippen LogP contribution in [-0.2, 0) is 19.3 Å². The third-order valence-electron chi connectivity index (χ3n) is 4.48. The Balaban J connectivity index is 1.75. The molecule has 3 nitrogen and oxygen atoms in total. The lowest BCUT2D eigenvalue weighted by Crippen LogP contribution is -2.10. The minimum Gasteiger partial charge on any atom is -0.305 e. The molecule has 0 unspecified atom stereocenters. The Hall–Kier alpha value is -1.91. The number of benzene rings is 1. The largest absolute Gasteiger partial charge is 0.305 e. The molecule has 4 rings (SSSR count). The highest BCUT2D eigenvalue weighted by atomic mass is 35.5. The third kappa shape index (κ3) is 2.70. The van der Waals surface area contributed by atoms with E-state index < -0.39 is 0 Å². The van der Waals surface area contributed by atoms with Crippen LogP contribution in [0.2, 0.25) is 0 Å². The van der Waals surface area contributed by atoms with E-state index in [9.17, 15) is 4.79 Å². The number of hydrogen-bond donors (Lipinski definition) is 1. The molecule has 0 amide bonds. The van der Waals surface area contributed by atoms with Gasteiger partial charge in [0.2, 0.25) is 0 Å². The molecule has 3 aromatic rings. The van der Waals surface area contributed by atoms with Gasteiger partial charge in [-0.25, -0.2) is 4.98 Å². The smallest absolute Gasteiger partial charge is 0.260 e. The van der Waals surface area contributed by atoms with E-state index in [0.29, 0.717) is 10.9 Å². The summed E-state index contributed by atoms with van der Waals surface area (Å²) >= 11 is 8.04. The van der Waals surface area contributed by atoms with Crippen molar-refractivity contribution < 1.29 is 0 Å². The first-order chi connectivity index (χ1) is 11.7. The molecular weight excluding hydrogens is 340 g/mol. The van der Waals surface area contributed by atoms with Gasteiger partial charge in [-0.1, -0.05) is 42.8 Å². The second kappa shape index (κ2) is 6.19. The van der Waals surface area contributed by atoms with Gasteiger partial charge in [-0.2, -0.15) is 0 Å². The summed E-state index contributed by atoms with van der Waals surface area (Å²) in [4.78, 5) is 22.0. The molecule has 1 aromatic carbocycles. The number of rotatable bonds is 3. The molecule has 1 aliphatic rings. The van der Waals surface area contributed by atoms with Gasteiger partial charge in [0.1, 0.15) is 4.83 Å². The molecule has 0 aliphatic heterocycles. The molecule has 0 spiro atoms. The van der Waals surface area contributed by atoms with Gasteiger partial charge < -0.3 is 4.98 Å². The highest BCUT2D eigenvalue weighted by Crippen LogP contribution is 2.35. The number of aromatic amines is 1. The van der Waals surface area contributed by atoms with Crippen LogP contribution in [0.15, 0.2) is 29.1 Å². The van der Waals surface area contributed by atoms with Gasteiger partial charge in [0.05, 0.1) is 10.4 Å². The molecular formula is C19H17ClN2OS. The Kier molecular flexibility index (Phi) is 4.02. The number of hydrogen-bond acceptors (Lipinski definition) is 3. The standard InChI is InChI=1S/C19H17ClN2OS/c1-2-11-6-8-12(9-7-11)10-14(20)17-21-18(23)16-13-4-3-5-15(13)24-19(16)22-17/h6-10H,2-5H2,1H3,(H,21,22,23)/b14-10-. The van der Waals surface area contributed by atoms with E-state index in [2.05, 4.69) is 29.0 Å². The summed E-state index contributed by atoms with van der Waals surface area (Å²) in [6.45, 7) is 2.13. The predicted octanol–water partition coefficient (Wildman–Crippen LogP) is 4.77. The van der Waals surface area contributed by atoms with Crippen molar-refractivity contribution in [3.63, 3.8) is 0 Å². The molecule has 24 heavy (non-hydrogen) atoms. The Morgan fingerprint density at radius 3 is 2.88 bits per heavy atom. The van der Waals surface area contributed by atoms with E-state index in [1.165, 1.54) is 16.0 Å². The Morgan fingerprint density at radius 2 is 2.12 bits per heavy atom. The molecule has 0 atom stereocenters. The first kappa shape index (κ1) is 15.6. The lowest BCUT2D eigenvalue weighted by atomic mass is 10.1. The summed E-state index contributed by atoms with van der Waals surface area (Å²) in [5.74, 6) is 0.439. The van der Waals surface area contributed by atoms with Crippen molar-refractivity contribution in [1.82, 2.24) is 9.97 Å². The van der Waals surface area contributed by atoms with Crippen LogP contribution in [0.4, 0.5) is 0 Å². The minimum absolute atomic E-state index is 0.0812. The number of thiophene rings is 1. The summed E-state index contributed by atoms with van der Waals surface area (Å²) in [7, 11) is 0. The highest BCUT2D eigenvalue weighted by molar-refractivity contribution is 7.18. The fraction of sp³-hybridized carbons (Fsp3) is 0.263. The summed E-state index contributed by atoms with van der Waals surface area (Å²) in [5, 5.41) is 1.21. The van der Waals surface area contributed by atoms with Crippen LogP contribution in [0.1, 0.15) is 40.7 Å². The number of aromatic nitrogens is 2. The van der Waals surface area contributed by atoms with Crippen LogP contribution < -0.4 is 5.56 Å². The Labute approximate surface area is 149 Å². The zero-order valence-electron chi connectivity index (χ0n) is 13.4. The van der Waals surface area contributed by atoms with Gasteiger partial charge in [0.15, 0.2) is 5.82 Å². The fourth-order valence-electron chi connectivity index (χ4n) is 3.18. The summed E-state index contributed by atoms with van der Waals surface area (Å²) in [6, 6.07) is 8.22. The average Bonchev–Trinajstić information content (AvgIpc) is 3.15. The topological polar surface area (TPSA) is 45.8 Å². The van der Waals surface area contributed by atoms with Crippen LogP contribution >= 0.6 is 22.9 Å². The van der Waals surface area contributed by atoms with Gasteiger partial charge >= 0.3 is 0 Å². The summed E-state index contributed by atoms with van der Waals surface area (Å²) in [6.07, 6.45) is 6.01. The van der Waals surface area contributed by atoms with Crippen LogP contribution in [0, 0.1) is 0 Å². The SMILES string of the molecule is CCc1ccc(/C=C(\Cl)c2nc3sc4c(c3c(=O)[nH]2)CCC4)cc1. The summed E-state index contributed by atoms with van der Waals surface area (Å²) in [5.41, 5.74) is 3.38. The number of halogens is 1. The Morgan fingerprint density at radius 1 is 1.33 bits per heavy atom. The van der Waals surface area contributed by atoms with Crippen molar-refractivity contribution in [3.05, 3.63) is 62.0 Å². The van der Waals surface area contributed by atoms with Crippen LogP contribution in [0.25, 0.3) is 21.3 Å². The number of aryl methyl sites for hydroxylation is 3. The molecule has 1 aliphatic carbocycles. The van der Waals surface area contributed by atoms with Gasteiger partial charge in [0, 0.05) is 4.88 Å². The van der Waals surface area contributed by atoms with Crippen molar-refractivity contribution in [1.29, 1.82) is 0 Å². The number of H-pyrrole nitrogens is 1. The van der Waals surface area contributed by atoms with Gasteiger partial charge in [-0.3, -0.25) is 4.79 Å². The normalized spacial score (nSPS) is 14.3. The van der Waals surface area contributed by atoms with Crippen molar-refractivity contribution >= 4 is 44.3 Å². The van der Waals surface area contributed by atoms with E-state index in [0.717, 1.165) is 41.5 Å². The zero-order valence-corrected chi connectivity index (χ0v) is 14.9. The second-order valence-corrected chi connectivity index (χ2v) is 7.53. The van der Waals surface area contributed by atoms with Crippen molar-refractivity contribution in [2.24, 2.45) is 0 Å². The van der Waals surface area contributed by atoms with E-state index in [1.54, 1.807) is 11.3 Å². The lowest BCUT2D eigenvalue weighted by Gasteiger charge is -2.02. The van der Waals surface area contributed by atoms with Crippen molar-refractivity contribution in [2.75, 3.05) is 0 Å². The molecule has 0 saturated carbocycles. The van der Waals surface area contributed by atoms with Crippen molar-refractivity contribution in [2.45, 2.75) is 32.6 Å². The second-order valence-electron chi connectivity index (χ2n) is 6.04. The van der Waals surface area contributed by atoms with E-state index in [-0.39, 0.29) is 5.56 Å². The minimum atomic E-state index is -0.0812. The van der Waals surface area contributed by atoms with Crippen molar-refractivity contribution in [3.8, 4) is 0 Å². The maximum atomic E-state index is 12.5. The maximum Gasteiger partial charge on any atom is 0.260 e. The summed E-state index contributed by atoms with van der Waals surface area (Å²) < 4.78 is 0. The first-order valence-corrected chi connectivity index (χ1v) is 9.36. The zero-order chi connectivity index (χ0) is 16.7. The van der Waals surface area contributed by atoms with Gasteiger partial charge in [0.25, 0.3) is 5.56 Å². The maximum absolute atomic E-state index is 12.5. The predicted molar refractivity (Wildman–Crippen MR) is 102 cm³/mol. The van der Waals surface area contributed by atoms with E-state index in [1.807, 2.05) is 18.2 Å². The van der Waals surface area contributed by atoms with Crippen LogP contribution in [-0.4, -0.2) is 9.97 Å². The van der Waals surface area contributed by atoms with Crippen LogP contribution in [0.5, 0.6) is 0 Å². The monoisotopic (exact) mass is 356 g/mol. The first-order valence-electron chi connectivity index (χ1n) is 8.17. The highest BCUT2D eigenvalue weighted by Gasteiger charge is 2.21. The number of nitrogens with one attached hydrogen (secondary N) is 1. The molecule has 0 fully saturated rings. The average molecular weight is 357 g/mol. The van der Waals surface area contributed by atoms with E-state index >= 15 is 0 Å². The quantitative estimate of drug-likeness (QED) is 0.734. The molecule has 5 heteroatoms. The number of nitrogens with zero attached hydrogens (tertiary/aromatic N) is 1.